The van der Waals surface area contributed by atoms with Crippen molar-refractivity contribution < 1.29 is 14.3 Å². The minimum atomic E-state index is -0.0738. The number of fused-ring (bicyclic) bond motifs is 1. The van der Waals surface area contributed by atoms with Crippen molar-refractivity contribution in [2.45, 2.75) is 26.2 Å². The van der Waals surface area contributed by atoms with E-state index in [1.165, 1.54) is 0 Å². The number of nitrogens with two attached hydrogens (primary N) is 1. The van der Waals surface area contributed by atoms with Crippen molar-refractivity contribution in [3.05, 3.63) is 23.8 Å². The van der Waals surface area contributed by atoms with Gasteiger partial charge in [0.2, 0.25) is 5.91 Å². The fourth-order valence-electron chi connectivity index (χ4n) is 2.42. The third-order valence-corrected chi connectivity index (χ3v) is 3.61. The van der Waals surface area contributed by atoms with Crippen LogP contribution in [0.15, 0.2) is 18.2 Å². The van der Waals surface area contributed by atoms with Crippen LogP contribution in [-0.4, -0.2) is 32.2 Å². The minimum absolute atomic E-state index is 0.0527. The van der Waals surface area contributed by atoms with Gasteiger partial charge in [-0.1, -0.05) is 19.4 Å². The van der Waals surface area contributed by atoms with Crippen LogP contribution in [0, 0.1) is 5.92 Å². The molecular formula is C16H24N2O3. The predicted molar refractivity (Wildman–Crippen MR) is 81.6 cm³/mol. The summed E-state index contributed by atoms with van der Waals surface area (Å²) in [5.41, 5.74) is 6.75. The Balaban J connectivity index is 1.82. The van der Waals surface area contributed by atoms with Crippen molar-refractivity contribution >= 4 is 5.91 Å². The van der Waals surface area contributed by atoms with E-state index in [2.05, 4.69) is 12.2 Å². The Morgan fingerprint density at radius 3 is 2.81 bits per heavy atom. The first-order valence-corrected chi connectivity index (χ1v) is 7.61. The number of amides is 1. The van der Waals surface area contributed by atoms with Gasteiger partial charge in [0.25, 0.3) is 0 Å². The minimum Gasteiger partial charge on any atom is -0.486 e. The lowest BCUT2D eigenvalue weighted by atomic mass is 10.0. The highest BCUT2D eigenvalue weighted by Crippen LogP contribution is 2.30. The number of hydrogen-bond acceptors (Lipinski definition) is 4. The standard InChI is InChI=1S/C16H24N2O3/c1-2-3-13(11-17)16(19)18-7-6-12-4-5-14-15(10-12)21-9-8-20-14/h4-5,10,13H,2-3,6-9,11,17H2,1H3,(H,18,19). The lowest BCUT2D eigenvalue weighted by molar-refractivity contribution is -0.124. The summed E-state index contributed by atoms with van der Waals surface area (Å²) in [6.07, 6.45) is 2.58. The second kappa shape index (κ2) is 7.88. The number of nitrogens with one attached hydrogen (secondary N) is 1. The summed E-state index contributed by atoms with van der Waals surface area (Å²) in [5.74, 6) is 1.56. The molecule has 0 fully saturated rings. The van der Waals surface area contributed by atoms with Crippen LogP contribution < -0.4 is 20.5 Å². The fourth-order valence-corrected chi connectivity index (χ4v) is 2.42. The molecule has 1 atom stereocenters. The molecule has 0 saturated heterocycles. The van der Waals surface area contributed by atoms with Gasteiger partial charge in [-0.05, 0) is 30.5 Å². The molecule has 0 spiro atoms. The van der Waals surface area contributed by atoms with Crippen LogP contribution in [0.1, 0.15) is 25.3 Å². The van der Waals surface area contributed by atoms with E-state index < -0.39 is 0 Å². The Kier molecular flexibility index (Phi) is 5.87. The van der Waals surface area contributed by atoms with E-state index in [0.717, 1.165) is 36.3 Å². The third kappa shape index (κ3) is 4.36. The predicted octanol–water partition coefficient (Wildman–Crippen LogP) is 1.49. The quantitative estimate of drug-likeness (QED) is 0.798. The van der Waals surface area contributed by atoms with Gasteiger partial charge < -0.3 is 20.5 Å². The Labute approximate surface area is 125 Å². The number of ether oxygens (including phenoxy) is 2. The third-order valence-electron chi connectivity index (χ3n) is 3.61. The number of carbonyl (C=O) groups excluding carboxylic acids is 1. The van der Waals surface area contributed by atoms with Crippen molar-refractivity contribution in [3.63, 3.8) is 0 Å². The van der Waals surface area contributed by atoms with Gasteiger partial charge in [0.15, 0.2) is 11.5 Å². The molecule has 3 N–H and O–H groups in total. The summed E-state index contributed by atoms with van der Waals surface area (Å²) < 4.78 is 11.0. The van der Waals surface area contributed by atoms with Crippen LogP contribution in [0.5, 0.6) is 11.5 Å². The van der Waals surface area contributed by atoms with Gasteiger partial charge in [0.1, 0.15) is 13.2 Å². The average molecular weight is 292 g/mol. The molecule has 2 rings (SSSR count). The zero-order chi connectivity index (χ0) is 15.1. The molecule has 1 aromatic rings. The van der Waals surface area contributed by atoms with E-state index in [9.17, 15) is 4.79 Å². The van der Waals surface area contributed by atoms with Crippen LogP contribution >= 0.6 is 0 Å². The van der Waals surface area contributed by atoms with Gasteiger partial charge in [-0.15, -0.1) is 0 Å². The van der Waals surface area contributed by atoms with E-state index in [1.54, 1.807) is 0 Å². The van der Waals surface area contributed by atoms with Crippen LogP contribution in [0.25, 0.3) is 0 Å². The smallest absolute Gasteiger partial charge is 0.224 e. The maximum atomic E-state index is 12.0. The normalized spacial score (nSPS) is 14.6. The Morgan fingerprint density at radius 1 is 1.33 bits per heavy atom. The maximum absolute atomic E-state index is 12.0. The van der Waals surface area contributed by atoms with E-state index in [4.69, 9.17) is 15.2 Å². The summed E-state index contributed by atoms with van der Waals surface area (Å²) in [6, 6.07) is 5.91. The molecule has 0 saturated carbocycles. The maximum Gasteiger partial charge on any atom is 0.224 e. The van der Waals surface area contributed by atoms with Gasteiger partial charge in [0.05, 0.1) is 5.92 Å². The molecular weight excluding hydrogens is 268 g/mol. The average Bonchev–Trinajstić information content (AvgIpc) is 2.52. The topological polar surface area (TPSA) is 73.6 Å². The highest BCUT2D eigenvalue weighted by atomic mass is 16.6. The van der Waals surface area contributed by atoms with Crippen molar-refractivity contribution in [3.8, 4) is 11.5 Å². The van der Waals surface area contributed by atoms with Crippen LogP contribution in [0.3, 0.4) is 0 Å². The summed E-state index contributed by atoms with van der Waals surface area (Å²) in [5, 5.41) is 2.96. The first kappa shape index (κ1) is 15.6. The highest BCUT2D eigenvalue weighted by molar-refractivity contribution is 5.78. The lowest BCUT2D eigenvalue weighted by Crippen LogP contribution is -2.36. The number of carbonyl (C=O) groups is 1. The van der Waals surface area contributed by atoms with Crippen LogP contribution in [0.4, 0.5) is 0 Å². The van der Waals surface area contributed by atoms with Gasteiger partial charge in [-0.25, -0.2) is 0 Å². The van der Waals surface area contributed by atoms with Gasteiger partial charge in [0, 0.05) is 13.1 Å². The molecule has 0 aliphatic carbocycles. The molecule has 0 radical (unpaired) electrons. The molecule has 116 valence electrons. The number of rotatable bonds is 7. The molecule has 5 nitrogen and oxygen atoms in total. The second-order valence-electron chi connectivity index (χ2n) is 5.24. The van der Waals surface area contributed by atoms with E-state index in [1.807, 2.05) is 18.2 Å². The Bertz CT molecular complexity index is 477. The first-order valence-electron chi connectivity index (χ1n) is 7.61. The molecule has 5 heteroatoms. The first-order chi connectivity index (χ1) is 10.2. The fraction of sp³-hybridized carbons (Fsp3) is 0.562. The van der Waals surface area contributed by atoms with E-state index in [0.29, 0.717) is 26.3 Å². The van der Waals surface area contributed by atoms with Gasteiger partial charge >= 0.3 is 0 Å². The van der Waals surface area contributed by atoms with Crippen molar-refractivity contribution in [2.75, 3.05) is 26.3 Å². The molecule has 1 aliphatic rings. The summed E-state index contributed by atoms with van der Waals surface area (Å²) in [6.45, 7) is 4.26. The van der Waals surface area contributed by atoms with Crippen LogP contribution in [0.2, 0.25) is 0 Å². The molecule has 1 heterocycles. The monoisotopic (exact) mass is 292 g/mol. The molecule has 1 amide bonds. The van der Waals surface area contributed by atoms with Gasteiger partial charge in [-0.3, -0.25) is 4.79 Å². The zero-order valence-corrected chi connectivity index (χ0v) is 12.6. The molecule has 1 aromatic carbocycles. The molecule has 0 aromatic heterocycles. The largest absolute Gasteiger partial charge is 0.486 e. The summed E-state index contributed by atoms with van der Waals surface area (Å²) >= 11 is 0. The summed E-state index contributed by atoms with van der Waals surface area (Å²) in [7, 11) is 0. The zero-order valence-electron chi connectivity index (χ0n) is 12.6. The van der Waals surface area contributed by atoms with Gasteiger partial charge in [-0.2, -0.15) is 0 Å². The van der Waals surface area contributed by atoms with Crippen LogP contribution in [-0.2, 0) is 11.2 Å². The Morgan fingerprint density at radius 2 is 2.10 bits per heavy atom. The number of benzene rings is 1. The molecule has 0 bridgehead atoms. The highest BCUT2D eigenvalue weighted by Gasteiger charge is 2.15. The lowest BCUT2D eigenvalue weighted by Gasteiger charge is -2.19. The van der Waals surface area contributed by atoms with E-state index in [-0.39, 0.29) is 11.8 Å². The molecule has 1 unspecified atom stereocenters. The van der Waals surface area contributed by atoms with E-state index >= 15 is 0 Å². The van der Waals surface area contributed by atoms with Crippen molar-refractivity contribution in [1.82, 2.24) is 5.32 Å². The second-order valence-corrected chi connectivity index (χ2v) is 5.24. The van der Waals surface area contributed by atoms with Crippen molar-refractivity contribution in [1.29, 1.82) is 0 Å². The van der Waals surface area contributed by atoms with Crippen molar-refractivity contribution in [2.24, 2.45) is 11.7 Å². The molecule has 1 aliphatic heterocycles. The SMILES string of the molecule is CCCC(CN)C(=O)NCCc1ccc2c(c1)OCCO2. The summed E-state index contributed by atoms with van der Waals surface area (Å²) in [4.78, 5) is 12.0. The Hall–Kier alpha value is -1.75. The number of hydrogen-bond donors (Lipinski definition) is 2. The molecule has 21 heavy (non-hydrogen) atoms.